The van der Waals surface area contributed by atoms with Crippen LogP contribution in [-0.4, -0.2) is 15.0 Å². The Bertz CT molecular complexity index is 1130. The summed E-state index contributed by atoms with van der Waals surface area (Å²) < 4.78 is 28.4. The second-order valence-corrected chi connectivity index (χ2v) is 9.05. The highest BCUT2D eigenvalue weighted by Crippen LogP contribution is 2.37. The lowest BCUT2D eigenvalue weighted by Gasteiger charge is -2.25. The van der Waals surface area contributed by atoms with E-state index in [-0.39, 0.29) is 0 Å². The number of rotatable bonds is 3. The molecule has 4 heteroatoms. The monoisotopic (exact) mass is 389 g/mol. The Morgan fingerprint density at radius 1 is 0.821 bits per heavy atom. The van der Waals surface area contributed by atoms with Crippen molar-refractivity contribution in [2.75, 3.05) is 10.8 Å². The number of hydrogen-bond acceptors (Lipinski definition) is 2. The van der Waals surface area contributed by atoms with Crippen LogP contribution in [0.3, 0.4) is 0 Å². The number of hydrogen-bond donors (Lipinski definition) is 0. The van der Waals surface area contributed by atoms with Crippen LogP contribution in [-0.2, 0) is 10.0 Å². The van der Waals surface area contributed by atoms with E-state index < -0.39 is 10.0 Å². The largest absolute Gasteiger partial charge is 0.265 e. The van der Waals surface area contributed by atoms with Crippen molar-refractivity contribution in [3.8, 4) is 0 Å². The van der Waals surface area contributed by atoms with Crippen molar-refractivity contribution in [3.63, 3.8) is 0 Å². The molecule has 0 bridgehead atoms. The van der Waals surface area contributed by atoms with Gasteiger partial charge in [0.05, 0.1) is 10.6 Å². The molecule has 0 N–H and O–H groups in total. The third kappa shape index (κ3) is 3.36. The zero-order valence-electron chi connectivity index (χ0n) is 16.1. The van der Waals surface area contributed by atoms with Gasteiger partial charge in [0, 0.05) is 12.1 Å². The van der Waals surface area contributed by atoms with Gasteiger partial charge in [-0.1, -0.05) is 65.7 Å². The number of sulfonamides is 1. The number of fused-ring (bicyclic) bond motifs is 1. The van der Waals surface area contributed by atoms with Crippen LogP contribution in [0, 0.1) is 13.8 Å². The van der Waals surface area contributed by atoms with E-state index >= 15 is 0 Å². The summed E-state index contributed by atoms with van der Waals surface area (Å²) in [6, 6.07) is 23.2. The summed E-state index contributed by atoms with van der Waals surface area (Å²) in [5.74, 6) is 0. The third-order valence-electron chi connectivity index (χ3n) is 5.09. The Morgan fingerprint density at radius 3 is 2.21 bits per heavy atom. The van der Waals surface area contributed by atoms with E-state index in [1.807, 2.05) is 56.3 Å². The molecule has 0 aromatic heterocycles. The van der Waals surface area contributed by atoms with Crippen LogP contribution < -0.4 is 4.31 Å². The van der Waals surface area contributed by atoms with Crippen molar-refractivity contribution in [2.45, 2.75) is 25.2 Å². The van der Waals surface area contributed by atoms with E-state index in [1.54, 1.807) is 16.4 Å². The van der Waals surface area contributed by atoms with Crippen LogP contribution in [0.5, 0.6) is 0 Å². The second kappa shape index (κ2) is 7.28. The lowest BCUT2D eigenvalue weighted by Crippen LogP contribution is -2.32. The predicted molar refractivity (Wildman–Crippen MR) is 115 cm³/mol. The quantitative estimate of drug-likeness (QED) is 0.607. The minimum absolute atomic E-state index is 0.327. The van der Waals surface area contributed by atoms with Gasteiger partial charge in [-0.3, -0.25) is 4.31 Å². The Balaban J connectivity index is 1.87. The molecule has 0 fully saturated rings. The second-order valence-electron chi connectivity index (χ2n) is 7.18. The van der Waals surface area contributed by atoms with Gasteiger partial charge in [-0.25, -0.2) is 8.42 Å². The number of nitrogens with zero attached hydrogens (tertiary/aromatic N) is 1. The van der Waals surface area contributed by atoms with Gasteiger partial charge in [-0.15, -0.1) is 0 Å². The molecule has 1 aliphatic rings. The van der Waals surface area contributed by atoms with Gasteiger partial charge in [-0.05, 0) is 55.7 Å². The molecule has 3 aromatic rings. The minimum atomic E-state index is -3.63. The van der Waals surface area contributed by atoms with Crippen LogP contribution >= 0.6 is 0 Å². The molecule has 0 radical (unpaired) electrons. The van der Waals surface area contributed by atoms with Crippen LogP contribution in [0.4, 0.5) is 5.69 Å². The molecule has 0 amide bonds. The fourth-order valence-corrected chi connectivity index (χ4v) is 5.12. The average Bonchev–Trinajstić information content (AvgIpc) is 2.88. The third-order valence-corrected chi connectivity index (χ3v) is 6.91. The maximum atomic E-state index is 13.4. The zero-order valence-corrected chi connectivity index (χ0v) is 16.9. The molecule has 0 atom stereocenters. The average molecular weight is 390 g/mol. The van der Waals surface area contributed by atoms with Gasteiger partial charge in [0.25, 0.3) is 10.0 Å². The molecule has 0 aliphatic carbocycles. The molecule has 0 saturated carbocycles. The minimum Gasteiger partial charge on any atom is -0.265 e. The van der Waals surface area contributed by atoms with Crippen molar-refractivity contribution >= 4 is 21.3 Å². The first-order valence-electron chi connectivity index (χ1n) is 9.43. The van der Waals surface area contributed by atoms with Crippen molar-refractivity contribution < 1.29 is 8.42 Å². The van der Waals surface area contributed by atoms with E-state index in [0.29, 0.717) is 17.9 Å². The van der Waals surface area contributed by atoms with Crippen LogP contribution in [0.1, 0.15) is 28.7 Å². The molecular weight excluding hydrogens is 366 g/mol. The number of aryl methyl sites for hydroxylation is 2. The summed E-state index contributed by atoms with van der Waals surface area (Å²) in [6.07, 6.45) is 2.81. The molecule has 142 valence electrons. The van der Waals surface area contributed by atoms with Gasteiger partial charge < -0.3 is 0 Å². The molecule has 3 nitrogen and oxygen atoms in total. The van der Waals surface area contributed by atoms with Crippen molar-refractivity contribution in [1.29, 1.82) is 0 Å². The van der Waals surface area contributed by atoms with Gasteiger partial charge in [-0.2, -0.15) is 0 Å². The van der Waals surface area contributed by atoms with Gasteiger partial charge >= 0.3 is 0 Å². The summed E-state index contributed by atoms with van der Waals surface area (Å²) in [7, 11) is -3.63. The molecule has 28 heavy (non-hydrogen) atoms. The molecule has 0 saturated heterocycles. The van der Waals surface area contributed by atoms with Crippen LogP contribution in [0.15, 0.2) is 83.8 Å². The van der Waals surface area contributed by atoms with Crippen molar-refractivity contribution in [2.24, 2.45) is 0 Å². The highest BCUT2D eigenvalue weighted by Gasteiger charge is 2.29. The summed E-state index contributed by atoms with van der Waals surface area (Å²) in [4.78, 5) is 0.327. The number of benzene rings is 3. The van der Waals surface area contributed by atoms with E-state index in [0.717, 1.165) is 33.5 Å². The highest BCUT2D eigenvalue weighted by molar-refractivity contribution is 7.92. The summed E-state index contributed by atoms with van der Waals surface area (Å²) in [6.45, 7) is 4.41. The van der Waals surface area contributed by atoms with Crippen molar-refractivity contribution in [3.05, 3.63) is 101 Å². The maximum absolute atomic E-state index is 13.4. The fraction of sp³-hybridized carbons (Fsp3) is 0.167. The summed E-state index contributed by atoms with van der Waals surface area (Å²) in [5, 5.41) is 0. The Morgan fingerprint density at radius 2 is 1.50 bits per heavy atom. The lowest BCUT2D eigenvalue weighted by atomic mass is 9.95. The first-order chi connectivity index (χ1) is 13.5. The topological polar surface area (TPSA) is 37.4 Å². The van der Waals surface area contributed by atoms with Crippen LogP contribution in [0.25, 0.3) is 5.57 Å². The zero-order chi connectivity index (χ0) is 19.7. The predicted octanol–water partition coefficient (Wildman–Crippen LogP) is 5.33. The Labute approximate surface area is 167 Å². The Hall–Kier alpha value is -2.85. The normalized spacial score (nSPS) is 14.2. The standard InChI is InChI=1S/C24H23NO2S/c1-18-10-13-21(14-11-18)28(26,27)25-16-6-9-22(20-7-4-3-5-8-20)23-17-19(2)12-15-24(23)25/h3-5,7-15,17H,6,16H2,1-2H3. The van der Waals surface area contributed by atoms with E-state index in [9.17, 15) is 8.42 Å². The molecule has 3 aromatic carbocycles. The van der Waals surface area contributed by atoms with Gasteiger partial charge in [0.1, 0.15) is 0 Å². The van der Waals surface area contributed by atoms with E-state index in [2.05, 4.69) is 24.3 Å². The van der Waals surface area contributed by atoms with E-state index in [1.165, 1.54) is 0 Å². The van der Waals surface area contributed by atoms with Gasteiger partial charge in [0.15, 0.2) is 0 Å². The molecular formula is C24H23NO2S. The van der Waals surface area contributed by atoms with E-state index in [4.69, 9.17) is 0 Å². The van der Waals surface area contributed by atoms with Gasteiger partial charge in [0.2, 0.25) is 0 Å². The number of anilines is 1. The summed E-state index contributed by atoms with van der Waals surface area (Å²) >= 11 is 0. The highest BCUT2D eigenvalue weighted by atomic mass is 32.2. The smallest absolute Gasteiger partial charge is 0.264 e. The lowest BCUT2D eigenvalue weighted by molar-refractivity contribution is 0.591. The molecule has 1 heterocycles. The van der Waals surface area contributed by atoms with Crippen LogP contribution in [0.2, 0.25) is 0 Å². The maximum Gasteiger partial charge on any atom is 0.264 e. The summed E-state index contributed by atoms with van der Waals surface area (Å²) in [5.41, 5.74) is 6.03. The Kier molecular flexibility index (Phi) is 4.82. The SMILES string of the molecule is Cc1ccc(S(=O)(=O)N2CCC=C(c3ccccc3)c3cc(C)ccc32)cc1. The molecule has 4 rings (SSSR count). The first kappa shape index (κ1) is 18.5. The molecule has 0 unspecified atom stereocenters. The van der Waals surface area contributed by atoms with Crippen molar-refractivity contribution in [1.82, 2.24) is 0 Å². The first-order valence-corrected chi connectivity index (χ1v) is 10.9. The fourth-order valence-electron chi connectivity index (χ4n) is 3.62. The molecule has 1 aliphatic heterocycles. The molecule has 0 spiro atoms.